The quantitative estimate of drug-likeness (QED) is 0.195. The van der Waals surface area contributed by atoms with Crippen molar-refractivity contribution in [3.05, 3.63) is 96.6 Å². The number of carbonyl (C=O) groups excluding carboxylic acids is 1. The Kier molecular flexibility index (Phi) is 7.62. The highest BCUT2D eigenvalue weighted by Crippen LogP contribution is 2.34. The van der Waals surface area contributed by atoms with Gasteiger partial charge in [-0.2, -0.15) is 5.26 Å². The van der Waals surface area contributed by atoms with Gasteiger partial charge in [0.25, 0.3) is 5.91 Å². The summed E-state index contributed by atoms with van der Waals surface area (Å²) in [7, 11) is 0. The summed E-state index contributed by atoms with van der Waals surface area (Å²) in [6.07, 6.45) is 3.49. The molecule has 0 atom stereocenters. The molecule has 0 radical (unpaired) electrons. The molecule has 4 aromatic rings. The highest BCUT2D eigenvalue weighted by molar-refractivity contribution is 7.15. The van der Waals surface area contributed by atoms with E-state index >= 15 is 0 Å². The molecular weight excluding hydrogens is 536 g/mol. The van der Waals surface area contributed by atoms with Crippen molar-refractivity contribution in [2.75, 3.05) is 5.32 Å². The number of nitrogens with zero attached hydrogens (tertiary/aromatic N) is 2. The molecule has 2 aromatic heterocycles. The lowest BCUT2D eigenvalue weighted by Gasteiger charge is -2.03. The number of anilines is 1. The van der Waals surface area contributed by atoms with Crippen LogP contribution >= 0.6 is 57.7 Å². The van der Waals surface area contributed by atoms with E-state index in [9.17, 15) is 10.1 Å². The first-order chi connectivity index (χ1) is 16.3. The minimum atomic E-state index is -0.608. The number of rotatable bonds is 6. The first-order valence-corrected chi connectivity index (χ1v) is 12.0. The van der Waals surface area contributed by atoms with E-state index in [0.29, 0.717) is 48.7 Å². The van der Waals surface area contributed by atoms with E-state index in [1.165, 1.54) is 17.4 Å². The van der Waals surface area contributed by atoms with Gasteiger partial charge in [-0.3, -0.25) is 10.1 Å². The highest BCUT2D eigenvalue weighted by atomic mass is 35.5. The fourth-order valence-corrected chi connectivity index (χ4v) is 4.64. The highest BCUT2D eigenvalue weighted by Gasteiger charge is 2.15. The van der Waals surface area contributed by atoms with Crippen LogP contribution in [0.5, 0.6) is 0 Å². The summed E-state index contributed by atoms with van der Waals surface area (Å²) in [4.78, 5) is 17.7. The average molecular weight is 549 g/mol. The van der Waals surface area contributed by atoms with Gasteiger partial charge in [0.15, 0.2) is 5.13 Å². The fraction of sp³-hybridized carbons (Fsp3) is 0.0417. The zero-order chi connectivity index (χ0) is 24.2. The Hall–Kier alpha value is -2.79. The number of benzene rings is 2. The molecule has 0 saturated carbocycles. The number of halogens is 4. The van der Waals surface area contributed by atoms with Crippen LogP contribution in [-0.4, -0.2) is 10.9 Å². The molecule has 4 rings (SSSR count). The number of furan rings is 1. The fourth-order valence-electron chi connectivity index (χ4n) is 3.04. The molecule has 10 heteroatoms. The summed E-state index contributed by atoms with van der Waals surface area (Å²) in [6, 6.07) is 15.6. The van der Waals surface area contributed by atoms with Crippen molar-refractivity contribution < 1.29 is 9.21 Å². The number of nitrogens with one attached hydrogen (secondary N) is 1. The van der Waals surface area contributed by atoms with Crippen molar-refractivity contribution in [3.63, 3.8) is 0 Å². The first kappa shape index (κ1) is 24.3. The van der Waals surface area contributed by atoms with Crippen LogP contribution in [0, 0.1) is 11.3 Å². The normalized spacial score (nSPS) is 11.3. The summed E-state index contributed by atoms with van der Waals surface area (Å²) >= 11 is 25.8. The Morgan fingerprint density at radius 1 is 1.12 bits per heavy atom. The monoisotopic (exact) mass is 547 g/mol. The van der Waals surface area contributed by atoms with Gasteiger partial charge in [0.05, 0.1) is 10.0 Å². The molecule has 0 unspecified atom stereocenters. The molecular formula is C24H13Cl4N3O2S. The van der Waals surface area contributed by atoms with Gasteiger partial charge in [-0.15, -0.1) is 11.3 Å². The Bertz CT molecular complexity index is 1450. The molecule has 0 aliphatic carbocycles. The number of thiazole rings is 1. The standard InChI is InChI=1S/C24H13Cl4N3O2S/c25-15-4-6-19(26)13(8-15)10-17-12-30-24(34-17)31-23(32)14(11-29)9-16-5-7-21(33-16)18-2-1-3-20(27)22(18)28/h1-9,12H,10H2,(H,30,31,32). The smallest absolute Gasteiger partial charge is 0.268 e. The SMILES string of the molecule is N#CC(=Cc1ccc(-c2cccc(Cl)c2Cl)o1)C(=O)Nc1ncc(Cc2cc(Cl)ccc2Cl)s1. The Labute approximate surface area is 219 Å². The molecule has 1 amide bonds. The van der Waals surface area contributed by atoms with Crippen molar-refractivity contribution >= 4 is 74.9 Å². The largest absolute Gasteiger partial charge is 0.457 e. The number of carbonyl (C=O) groups is 1. The van der Waals surface area contributed by atoms with Gasteiger partial charge in [0.2, 0.25) is 0 Å². The van der Waals surface area contributed by atoms with E-state index in [1.54, 1.807) is 54.7 Å². The van der Waals surface area contributed by atoms with E-state index in [1.807, 2.05) is 6.07 Å². The lowest BCUT2D eigenvalue weighted by atomic mass is 10.1. The van der Waals surface area contributed by atoms with Crippen LogP contribution in [0.3, 0.4) is 0 Å². The van der Waals surface area contributed by atoms with Crippen LogP contribution in [0.4, 0.5) is 5.13 Å². The topological polar surface area (TPSA) is 78.9 Å². The van der Waals surface area contributed by atoms with Crippen molar-refractivity contribution in [1.82, 2.24) is 4.98 Å². The van der Waals surface area contributed by atoms with Crippen LogP contribution in [0.2, 0.25) is 20.1 Å². The van der Waals surface area contributed by atoms with Gasteiger partial charge >= 0.3 is 0 Å². The maximum atomic E-state index is 12.6. The minimum absolute atomic E-state index is 0.146. The zero-order valence-corrected chi connectivity index (χ0v) is 21.0. The Morgan fingerprint density at radius 2 is 1.94 bits per heavy atom. The molecule has 0 fully saturated rings. The minimum Gasteiger partial charge on any atom is -0.457 e. The number of hydrogen-bond donors (Lipinski definition) is 1. The molecule has 0 bridgehead atoms. The summed E-state index contributed by atoms with van der Waals surface area (Å²) in [5.41, 5.74) is 1.31. The third-order valence-electron chi connectivity index (χ3n) is 4.64. The van der Waals surface area contributed by atoms with Crippen LogP contribution < -0.4 is 5.32 Å². The van der Waals surface area contributed by atoms with Gasteiger partial charge in [0.1, 0.15) is 23.2 Å². The van der Waals surface area contributed by atoms with Crippen molar-refractivity contribution in [2.24, 2.45) is 0 Å². The maximum Gasteiger partial charge on any atom is 0.268 e. The van der Waals surface area contributed by atoms with Gasteiger partial charge in [-0.25, -0.2) is 4.98 Å². The van der Waals surface area contributed by atoms with Crippen molar-refractivity contribution in [1.29, 1.82) is 5.26 Å². The predicted molar refractivity (Wildman–Crippen MR) is 138 cm³/mol. The zero-order valence-electron chi connectivity index (χ0n) is 17.1. The third-order valence-corrected chi connectivity index (χ3v) is 6.98. The van der Waals surface area contributed by atoms with Crippen LogP contribution in [0.1, 0.15) is 16.2 Å². The van der Waals surface area contributed by atoms with E-state index in [-0.39, 0.29) is 5.57 Å². The van der Waals surface area contributed by atoms with Crippen molar-refractivity contribution in [3.8, 4) is 17.4 Å². The Morgan fingerprint density at radius 3 is 2.74 bits per heavy atom. The second-order valence-electron chi connectivity index (χ2n) is 6.97. The number of amides is 1. The van der Waals surface area contributed by atoms with Gasteiger partial charge in [-0.1, -0.05) is 52.5 Å². The molecule has 0 aliphatic rings. The lowest BCUT2D eigenvalue weighted by molar-refractivity contribution is -0.112. The molecule has 0 saturated heterocycles. The second-order valence-corrected chi connectivity index (χ2v) is 9.72. The van der Waals surface area contributed by atoms with E-state index < -0.39 is 5.91 Å². The molecule has 1 N–H and O–H groups in total. The first-order valence-electron chi connectivity index (χ1n) is 9.70. The summed E-state index contributed by atoms with van der Waals surface area (Å²) in [6.45, 7) is 0. The molecule has 2 heterocycles. The predicted octanol–water partition coefficient (Wildman–Crippen LogP) is 8.15. The molecule has 2 aromatic carbocycles. The maximum absolute atomic E-state index is 12.6. The van der Waals surface area contributed by atoms with E-state index in [2.05, 4.69) is 10.3 Å². The third kappa shape index (κ3) is 5.64. The van der Waals surface area contributed by atoms with Crippen molar-refractivity contribution in [2.45, 2.75) is 6.42 Å². The summed E-state index contributed by atoms with van der Waals surface area (Å²) in [5, 5.41) is 14.4. The molecule has 5 nitrogen and oxygen atoms in total. The van der Waals surface area contributed by atoms with E-state index in [0.717, 1.165) is 10.4 Å². The van der Waals surface area contributed by atoms with Crippen LogP contribution in [0.25, 0.3) is 17.4 Å². The Balaban J connectivity index is 1.48. The molecule has 0 aliphatic heterocycles. The number of hydrogen-bond acceptors (Lipinski definition) is 5. The molecule has 170 valence electrons. The molecule has 34 heavy (non-hydrogen) atoms. The van der Waals surface area contributed by atoms with Gasteiger partial charge in [-0.05, 0) is 48.0 Å². The average Bonchev–Trinajstić information content (AvgIpc) is 3.46. The lowest BCUT2D eigenvalue weighted by Crippen LogP contribution is -2.13. The number of nitriles is 1. The van der Waals surface area contributed by atoms with Crippen LogP contribution in [0.15, 0.2) is 64.7 Å². The van der Waals surface area contributed by atoms with Gasteiger partial charge in [0, 0.05) is 39.2 Å². The summed E-state index contributed by atoms with van der Waals surface area (Å²) in [5.74, 6) is 0.164. The van der Waals surface area contributed by atoms with Gasteiger partial charge < -0.3 is 4.42 Å². The van der Waals surface area contributed by atoms with E-state index in [4.69, 9.17) is 50.8 Å². The number of aromatic nitrogens is 1. The second kappa shape index (κ2) is 10.6. The summed E-state index contributed by atoms with van der Waals surface area (Å²) < 4.78 is 5.74. The van der Waals surface area contributed by atoms with Crippen LogP contribution in [-0.2, 0) is 11.2 Å². The molecule has 0 spiro atoms.